The second-order valence-electron chi connectivity index (χ2n) is 8.72. The zero-order valence-electron chi connectivity index (χ0n) is 19.5. The monoisotopic (exact) mass is 485 g/mol. The molecule has 1 aromatic carbocycles. The molecule has 0 bridgehead atoms. The zero-order valence-corrected chi connectivity index (χ0v) is 20.3. The number of aryl methyl sites for hydroxylation is 1. The first kappa shape index (κ1) is 23.8. The van der Waals surface area contributed by atoms with E-state index in [1.165, 1.54) is 55.1 Å². The predicted octanol–water partition coefficient (Wildman–Crippen LogP) is 1.84. The molecule has 0 radical (unpaired) electrons. The van der Waals surface area contributed by atoms with E-state index in [0.717, 1.165) is 23.8 Å². The highest BCUT2D eigenvalue weighted by molar-refractivity contribution is 7.89. The van der Waals surface area contributed by atoms with Crippen molar-refractivity contribution in [2.45, 2.75) is 50.1 Å². The summed E-state index contributed by atoms with van der Waals surface area (Å²) in [6, 6.07) is 8.71. The van der Waals surface area contributed by atoms with Crippen LogP contribution in [0.1, 0.15) is 43.6 Å². The average molecular weight is 486 g/mol. The number of anilines is 1. The Balaban J connectivity index is 1.58. The normalized spacial score (nSPS) is 19.3. The van der Waals surface area contributed by atoms with E-state index in [1.807, 2.05) is 13.8 Å². The summed E-state index contributed by atoms with van der Waals surface area (Å²) in [6.45, 7) is 3.84. The average Bonchev–Trinajstić information content (AvgIpc) is 2.81. The fraction of sp³-hybridized carbons (Fsp3) is 0.391. The fourth-order valence-electron chi connectivity index (χ4n) is 4.48. The highest BCUT2D eigenvalue weighted by Gasteiger charge is 2.35. The number of nitrogens with one attached hydrogen (secondary N) is 1. The second-order valence-corrected chi connectivity index (χ2v) is 10.6. The molecule has 10 nitrogen and oxygen atoms in total. The van der Waals surface area contributed by atoms with Gasteiger partial charge < -0.3 is 5.32 Å². The number of fused-ring (bicyclic) bond motifs is 1. The molecule has 11 heteroatoms. The van der Waals surface area contributed by atoms with Crippen LogP contribution in [0.25, 0.3) is 11.0 Å². The number of rotatable bonds is 4. The maximum atomic E-state index is 13.2. The molecule has 1 aliphatic rings. The molecule has 2 unspecified atom stereocenters. The molecule has 3 heterocycles. The number of aromatic nitrogens is 3. The van der Waals surface area contributed by atoms with Crippen molar-refractivity contribution < 1.29 is 13.2 Å². The van der Waals surface area contributed by atoms with E-state index in [0.29, 0.717) is 5.69 Å². The summed E-state index contributed by atoms with van der Waals surface area (Å²) in [5.41, 5.74) is -0.526. The minimum absolute atomic E-state index is 0.0171. The molecule has 1 fully saturated rings. The van der Waals surface area contributed by atoms with E-state index in [9.17, 15) is 22.8 Å². The molecule has 4 rings (SSSR count). The van der Waals surface area contributed by atoms with Gasteiger partial charge in [0.05, 0.1) is 10.3 Å². The lowest BCUT2D eigenvalue weighted by atomic mass is 10.0. The first-order chi connectivity index (χ1) is 16.0. The van der Waals surface area contributed by atoms with E-state index < -0.39 is 27.2 Å². The topological polar surface area (TPSA) is 123 Å². The van der Waals surface area contributed by atoms with Gasteiger partial charge in [-0.3, -0.25) is 18.7 Å². The fourth-order valence-corrected chi connectivity index (χ4v) is 6.36. The van der Waals surface area contributed by atoms with Crippen LogP contribution in [0, 0.1) is 0 Å². The van der Waals surface area contributed by atoms with Crippen LogP contribution in [-0.2, 0) is 24.1 Å². The number of carbonyl (C=O) groups is 1. The Bertz CT molecular complexity index is 1480. The number of benzene rings is 1. The second kappa shape index (κ2) is 8.80. The van der Waals surface area contributed by atoms with Gasteiger partial charge in [-0.1, -0.05) is 6.42 Å². The van der Waals surface area contributed by atoms with Crippen molar-refractivity contribution in [1.29, 1.82) is 0 Å². The highest BCUT2D eigenvalue weighted by Crippen LogP contribution is 2.30. The van der Waals surface area contributed by atoms with Gasteiger partial charge in [0.15, 0.2) is 0 Å². The van der Waals surface area contributed by atoms with Crippen molar-refractivity contribution in [2.24, 2.45) is 14.1 Å². The van der Waals surface area contributed by atoms with Crippen molar-refractivity contribution in [3.8, 4) is 0 Å². The van der Waals surface area contributed by atoms with Crippen LogP contribution in [0.3, 0.4) is 0 Å². The molecule has 0 aliphatic carbocycles. The van der Waals surface area contributed by atoms with Crippen LogP contribution >= 0.6 is 0 Å². The molecule has 0 spiro atoms. The lowest BCUT2D eigenvalue weighted by Gasteiger charge is -2.37. The van der Waals surface area contributed by atoms with Gasteiger partial charge in [0, 0.05) is 31.9 Å². The van der Waals surface area contributed by atoms with Crippen LogP contribution in [-0.4, -0.2) is 44.8 Å². The van der Waals surface area contributed by atoms with Crippen LogP contribution in [0.15, 0.2) is 50.9 Å². The maximum absolute atomic E-state index is 13.2. The maximum Gasteiger partial charge on any atom is 0.332 e. The van der Waals surface area contributed by atoms with Gasteiger partial charge in [-0.15, -0.1) is 0 Å². The minimum atomic E-state index is -3.65. The molecule has 3 aromatic rings. The SMILES string of the molecule is CC1CCCC(C)N1S(=O)(=O)c1ccc(NC(=O)c2ccc3c(=O)n(C)c(=O)n(C)c3n2)cc1. The van der Waals surface area contributed by atoms with Crippen LogP contribution in [0.2, 0.25) is 0 Å². The summed E-state index contributed by atoms with van der Waals surface area (Å²) in [5, 5.41) is 2.90. The number of hydrogen-bond acceptors (Lipinski definition) is 6. The molecule has 1 aliphatic heterocycles. The number of hydrogen-bond donors (Lipinski definition) is 1. The summed E-state index contributed by atoms with van der Waals surface area (Å²) in [5.74, 6) is -0.552. The van der Waals surface area contributed by atoms with E-state index in [2.05, 4.69) is 10.3 Å². The van der Waals surface area contributed by atoms with Crippen LogP contribution in [0.5, 0.6) is 0 Å². The van der Waals surface area contributed by atoms with Gasteiger partial charge in [0.25, 0.3) is 11.5 Å². The Kier molecular flexibility index (Phi) is 6.17. The number of amides is 1. The van der Waals surface area contributed by atoms with Gasteiger partial charge >= 0.3 is 5.69 Å². The molecule has 2 atom stereocenters. The quantitative estimate of drug-likeness (QED) is 0.601. The Morgan fingerprint density at radius 1 is 0.971 bits per heavy atom. The van der Waals surface area contributed by atoms with Crippen molar-refractivity contribution in [1.82, 2.24) is 18.4 Å². The van der Waals surface area contributed by atoms with Crippen molar-refractivity contribution in [3.05, 3.63) is 62.9 Å². The number of carbonyl (C=O) groups excluding carboxylic acids is 1. The standard InChI is InChI=1S/C23H27N5O5S/c1-14-6-5-7-15(2)28(14)34(32,33)17-10-8-16(9-11-17)24-21(29)19-13-12-18-20(25-19)26(3)23(31)27(4)22(18)30/h8-15H,5-7H2,1-4H3,(H,24,29). The molecule has 34 heavy (non-hydrogen) atoms. The summed E-state index contributed by atoms with van der Waals surface area (Å²) >= 11 is 0. The predicted molar refractivity (Wildman–Crippen MR) is 128 cm³/mol. The summed E-state index contributed by atoms with van der Waals surface area (Å²) in [4.78, 5) is 41.6. The molecule has 0 saturated carbocycles. The van der Waals surface area contributed by atoms with Gasteiger partial charge in [-0.2, -0.15) is 4.31 Å². The lowest BCUT2D eigenvalue weighted by molar-refractivity contribution is 0.102. The van der Waals surface area contributed by atoms with E-state index in [-0.39, 0.29) is 33.7 Å². The Labute approximate surface area is 196 Å². The third kappa shape index (κ3) is 4.05. The Morgan fingerprint density at radius 3 is 2.21 bits per heavy atom. The molecular weight excluding hydrogens is 458 g/mol. The molecule has 1 N–H and O–H groups in total. The lowest BCUT2D eigenvalue weighted by Crippen LogP contribution is -2.47. The number of sulfonamides is 1. The Morgan fingerprint density at radius 2 is 1.59 bits per heavy atom. The summed E-state index contributed by atoms with van der Waals surface area (Å²) in [6.07, 6.45) is 2.66. The summed E-state index contributed by atoms with van der Waals surface area (Å²) in [7, 11) is -0.804. The zero-order chi connectivity index (χ0) is 24.8. The molecule has 1 saturated heterocycles. The highest BCUT2D eigenvalue weighted by atomic mass is 32.2. The third-order valence-electron chi connectivity index (χ3n) is 6.33. The van der Waals surface area contributed by atoms with Crippen LogP contribution < -0.4 is 16.6 Å². The Hall–Kier alpha value is -3.31. The molecular formula is C23H27N5O5S. The first-order valence-corrected chi connectivity index (χ1v) is 12.5. The number of pyridine rings is 1. The van der Waals surface area contributed by atoms with E-state index >= 15 is 0 Å². The number of nitrogens with zero attached hydrogens (tertiary/aromatic N) is 4. The number of piperidine rings is 1. The van der Waals surface area contributed by atoms with Crippen molar-refractivity contribution >= 4 is 32.7 Å². The van der Waals surface area contributed by atoms with Crippen molar-refractivity contribution in [3.63, 3.8) is 0 Å². The third-order valence-corrected chi connectivity index (χ3v) is 8.48. The van der Waals surface area contributed by atoms with Crippen LogP contribution in [0.4, 0.5) is 5.69 Å². The van der Waals surface area contributed by atoms with Gasteiger partial charge in [0.2, 0.25) is 10.0 Å². The molecule has 2 aromatic heterocycles. The molecule has 1 amide bonds. The van der Waals surface area contributed by atoms with E-state index in [4.69, 9.17) is 0 Å². The smallest absolute Gasteiger partial charge is 0.321 e. The van der Waals surface area contributed by atoms with E-state index in [1.54, 1.807) is 4.31 Å². The minimum Gasteiger partial charge on any atom is -0.321 e. The van der Waals surface area contributed by atoms with Gasteiger partial charge in [-0.05, 0) is 63.1 Å². The van der Waals surface area contributed by atoms with Gasteiger partial charge in [-0.25, -0.2) is 18.2 Å². The largest absolute Gasteiger partial charge is 0.332 e. The van der Waals surface area contributed by atoms with Gasteiger partial charge in [0.1, 0.15) is 11.3 Å². The van der Waals surface area contributed by atoms with Crippen molar-refractivity contribution in [2.75, 3.05) is 5.32 Å². The summed E-state index contributed by atoms with van der Waals surface area (Å²) < 4.78 is 30.1. The molecule has 180 valence electrons. The first-order valence-electron chi connectivity index (χ1n) is 11.0.